The van der Waals surface area contributed by atoms with Crippen LogP contribution in [0, 0.1) is 0 Å². The molecule has 1 saturated heterocycles. The molecule has 1 fully saturated rings. The lowest BCUT2D eigenvalue weighted by atomic mass is 10.1. The molecule has 34 heavy (non-hydrogen) atoms. The molecule has 3 aromatic rings. The second-order valence-electron chi connectivity index (χ2n) is 7.28. The van der Waals surface area contributed by atoms with Crippen LogP contribution < -0.4 is 9.84 Å². The van der Waals surface area contributed by atoms with Gasteiger partial charge in [0, 0.05) is 12.6 Å². The molecule has 0 amide bonds. The first-order valence-corrected chi connectivity index (χ1v) is 11.1. The summed E-state index contributed by atoms with van der Waals surface area (Å²) in [5, 5.41) is 62.4. The minimum Gasteiger partial charge on any atom is -0.507 e. The molecule has 0 bridgehead atoms. The van der Waals surface area contributed by atoms with Crippen molar-refractivity contribution in [1.82, 2.24) is 19.5 Å². The third-order valence-corrected chi connectivity index (χ3v) is 5.53. The van der Waals surface area contributed by atoms with E-state index in [2.05, 4.69) is 24.8 Å². The summed E-state index contributed by atoms with van der Waals surface area (Å²) in [6.45, 7) is -0.876. The number of aromatic nitrogens is 4. The number of hydrogen-bond donors (Lipinski definition) is 9. The molecule has 1 aliphatic rings. The fourth-order valence-electron chi connectivity index (χ4n) is 3.49. The Kier molecular flexibility index (Phi) is 6.22. The van der Waals surface area contributed by atoms with Crippen molar-refractivity contribution in [3.05, 3.63) is 24.3 Å². The van der Waals surface area contributed by atoms with Gasteiger partial charge in [0.1, 0.15) is 30.4 Å². The van der Waals surface area contributed by atoms with Gasteiger partial charge in [-0.2, -0.15) is 0 Å². The van der Waals surface area contributed by atoms with Crippen LogP contribution in [0.4, 0.5) is 5.82 Å². The molecule has 0 unspecified atom stereocenters. The highest BCUT2D eigenvalue weighted by atomic mass is 31.2. The van der Waals surface area contributed by atoms with Crippen LogP contribution in [0.3, 0.4) is 0 Å². The average molecular weight is 501 g/mol. The molecule has 0 aliphatic carbocycles. The maximum atomic E-state index is 11.1. The summed E-state index contributed by atoms with van der Waals surface area (Å²) in [5.41, 5.74) is 0.0672. The van der Waals surface area contributed by atoms with Crippen molar-refractivity contribution in [2.75, 3.05) is 11.9 Å². The second-order valence-corrected chi connectivity index (χ2v) is 8.45. The zero-order chi connectivity index (χ0) is 24.8. The number of nitrogens with one attached hydrogen (secondary N) is 1. The Balaban J connectivity index is 1.63. The monoisotopic (exact) mass is 501 g/mol. The van der Waals surface area contributed by atoms with E-state index in [1.807, 2.05) is 0 Å². The van der Waals surface area contributed by atoms with Gasteiger partial charge < -0.3 is 45.2 Å². The molecule has 4 rings (SSSR count). The van der Waals surface area contributed by atoms with E-state index in [0.717, 1.165) is 12.4 Å². The highest BCUT2D eigenvalue weighted by Gasteiger charge is 2.44. The van der Waals surface area contributed by atoms with Crippen molar-refractivity contribution < 1.29 is 54.3 Å². The van der Waals surface area contributed by atoms with Gasteiger partial charge in [0.25, 0.3) is 0 Å². The third-order valence-electron chi connectivity index (χ3n) is 5.11. The zero-order valence-electron chi connectivity index (χ0n) is 17.0. The van der Waals surface area contributed by atoms with Crippen molar-refractivity contribution in [3.8, 4) is 23.0 Å². The summed E-state index contributed by atoms with van der Waals surface area (Å²) in [4.78, 5) is 30.2. The minimum atomic E-state index is -5.13. The van der Waals surface area contributed by atoms with Gasteiger partial charge >= 0.3 is 7.82 Å². The lowest BCUT2D eigenvalue weighted by Gasteiger charge is -2.17. The van der Waals surface area contributed by atoms with E-state index in [-0.39, 0.29) is 29.1 Å². The predicted octanol–water partition coefficient (Wildman–Crippen LogP) is -1.36. The number of aromatic hydroxyl groups is 3. The maximum Gasteiger partial charge on any atom is 0.525 e. The molecule has 0 saturated carbocycles. The Morgan fingerprint density at radius 2 is 1.85 bits per heavy atom. The van der Waals surface area contributed by atoms with E-state index >= 15 is 0 Å². The number of rotatable bonds is 7. The highest BCUT2D eigenvalue weighted by molar-refractivity contribution is 7.46. The Morgan fingerprint density at radius 1 is 1.12 bits per heavy atom. The maximum absolute atomic E-state index is 11.1. The van der Waals surface area contributed by atoms with Gasteiger partial charge in [0.2, 0.25) is 5.75 Å². The molecule has 9 N–H and O–H groups in total. The number of imidazole rings is 1. The number of phosphoric acid groups is 1. The Labute approximate surface area is 189 Å². The first-order chi connectivity index (χ1) is 16.0. The number of hydrogen-bond acceptors (Lipinski definition) is 13. The summed E-state index contributed by atoms with van der Waals surface area (Å²) in [6.07, 6.45) is -2.41. The van der Waals surface area contributed by atoms with E-state index in [0.29, 0.717) is 0 Å². The van der Waals surface area contributed by atoms with Crippen LogP contribution >= 0.6 is 7.82 Å². The first kappa shape index (κ1) is 23.9. The van der Waals surface area contributed by atoms with Crippen LogP contribution in [-0.4, -0.2) is 84.9 Å². The average Bonchev–Trinajstić information content (AvgIpc) is 3.32. The molecule has 1 aromatic carbocycles. The first-order valence-electron chi connectivity index (χ1n) is 9.57. The summed E-state index contributed by atoms with van der Waals surface area (Å²) in [5.74, 6) is -3.26. The lowest BCUT2D eigenvalue weighted by Crippen LogP contribution is -2.33. The zero-order valence-corrected chi connectivity index (χ0v) is 17.9. The minimum absolute atomic E-state index is 0.0971. The Hall–Kier alpha value is -3.24. The van der Waals surface area contributed by atoms with Crippen LogP contribution in [0.25, 0.3) is 11.2 Å². The second kappa shape index (κ2) is 8.84. The van der Waals surface area contributed by atoms with Gasteiger partial charge in [0.15, 0.2) is 34.7 Å². The van der Waals surface area contributed by atoms with Crippen molar-refractivity contribution in [1.29, 1.82) is 0 Å². The topological polar surface area (TPSA) is 253 Å². The molecule has 3 heterocycles. The van der Waals surface area contributed by atoms with Crippen molar-refractivity contribution >= 4 is 24.8 Å². The van der Waals surface area contributed by atoms with Crippen LogP contribution in [0.1, 0.15) is 11.8 Å². The van der Waals surface area contributed by atoms with Gasteiger partial charge in [-0.1, -0.05) is 0 Å². The summed E-state index contributed by atoms with van der Waals surface area (Å²) in [6, 6.07) is 0.730. The molecule has 0 radical (unpaired) electrons. The molecule has 16 nitrogen and oxygen atoms in total. The number of phosphoric ester groups is 1. The van der Waals surface area contributed by atoms with E-state index in [9.17, 15) is 35.2 Å². The number of aliphatic hydroxyl groups is 3. The Bertz CT molecular complexity index is 1260. The summed E-state index contributed by atoms with van der Waals surface area (Å²) >= 11 is 0. The molecule has 1 aliphatic heterocycles. The lowest BCUT2D eigenvalue weighted by molar-refractivity contribution is -0.0511. The van der Waals surface area contributed by atoms with Crippen LogP contribution in [-0.2, 0) is 15.8 Å². The molecular formula is C17H20N5O11P. The number of phenols is 3. The number of phenolic OH excluding ortho intramolecular Hbond substituents is 3. The number of fused-ring (bicyclic) bond motifs is 1. The molecular weight excluding hydrogens is 481 g/mol. The van der Waals surface area contributed by atoms with Crippen molar-refractivity contribution in [2.45, 2.75) is 31.1 Å². The largest absolute Gasteiger partial charge is 0.525 e. The van der Waals surface area contributed by atoms with E-state index in [1.54, 1.807) is 0 Å². The van der Waals surface area contributed by atoms with Crippen LogP contribution in [0.15, 0.2) is 18.7 Å². The number of ether oxygens (including phenoxy) is 1. The van der Waals surface area contributed by atoms with E-state index in [4.69, 9.17) is 14.5 Å². The number of anilines is 1. The molecule has 2 aromatic heterocycles. The Morgan fingerprint density at radius 3 is 2.50 bits per heavy atom. The quantitative estimate of drug-likeness (QED) is 0.169. The predicted molar refractivity (Wildman–Crippen MR) is 110 cm³/mol. The number of nitrogens with zero attached hydrogens (tertiary/aromatic N) is 4. The smallest absolute Gasteiger partial charge is 0.507 e. The van der Waals surface area contributed by atoms with Gasteiger partial charge in [-0.05, 0) is 0 Å². The van der Waals surface area contributed by atoms with Crippen LogP contribution in [0.2, 0.25) is 0 Å². The fourth-order valence-corrected chi connectivity index (χ4v) is 3.91. The SMILES string of the molecule is O=P(O)(O)Oc1c(O)cc(O)c(CNc2ncnc3c2ncn3[C@@H]2O[C@H](CO)[C@@H](O)[C@H]2O)c1O. The van der Waals surface area contributed by atoms with Crippen molar-refractivity contribution in [3.63, 3.8) is 0 Å². The van der Waals surface area contributed by atoms with E-state index in [1.165, 1.54) is 10.9 Å². The van der Waals surface area contributed by atoms with Gasteiger partial charge in [-0.25, -0.2) is 19.5 Å². The molecule has 4 atom stereocenters. The molecule has 17 heteroatoms. The van der Waals surface area contributed by atoms with Crippen LogP contribution in [0.5, 0.6) is 23.0 Å². The van der Waals surface area contributed by atoms with E-state index < -0.39 is 62.0 Å². The van der Waals surface area contributed by atoms with Crippen molar-refractivity contribution in [2.24, 2.45) is 0 Å². The fraction of sp³-hybridized carbons (Fsp3) is 0.353. The number of aliphatic hydroxyl groups excluding tert-OH is 3. The summed E-state index contributed by atoms with van der Waals surface area (Å²) < 4.78 is 22.2. The number of benzene rings is 1. The van der Waals surface area contributed by atoms with Gasteiger partial charge in [-0.15, -0.1) is 0 Å². The van der Waals surface area contributed by atoms with Gasteiger partial charge in [-0.3, -0.25) is 14.4 Å². The standard InChI is InChI=1S/C17H20N5O11P/c23-3-9-12(27)13(28)17(32-9)22-5-21-10-15(19-4-20-16(10)22)18-2-6-7(24)1-8(25)14(11(6)26)33-34(29,30)31/h1,4-5,9,12-13,17,23-28H,2-3H2,(H,18,19,20)(H2,29,30,31)/t9-,12-,13-,17-/m1/s1. The van der Waals surface area contributed by atoms with Gasteiger partial charge in [0.05, 0.1) is 18.5 Å². The molecule has 184 valence electrons. The highest BCUT2D eigenvalue weighted by Crippen LogP contribution is 2.50. The third kappa shape index (κ3) is 4.30. The normalized spacial score (nSPS) is 22.9. The summed E-state index contributed by atoms with van der Waals surface area (Å²) in [7, 11) is -5.13. The molecule has 0 spiro atoms.